The molecular weight excluding hydrogens is 338 g/mol. The molecule has 0 saturated carbocycles. The van der Waals surface area contributed by atoms with Crippen LogP contribution in [-0.2, 0) is 0 Å². The Morgan fingerprint density at radius 2 is 1.95 bits per heavy atom. The van der Waals surface area contributed by atoms with Crippen molar-refractivity contribution in [3.8, 4) is 5.75 Å². The molecule has 1 N–H and O–H groups in total. The van der Waals surface area contributed by atoms with Gasteiger partial charge in [-0.3, -0.25) is 0 Å². The van der Waals surface area contributed by atoms with Gasteiger partial charge in [0.1, 0.15) is 11.4 Å². The van der Waals surface area contributed by atoms with Gasteiger partial charge >= 0.3 is 0 Å². The van der Waals surface area contributed by atoms with E-state index in [1.165, 1.54) is 5.56 Å². The predicted octanol–water partition coefficient (Wildman–Crippen LogP) is 5.43. The fourth-order valence-corrected chi connectivity index (χ4v) is 3.03. The van der Waals surface area contributed by atoms with Crippen LogP contribution in [0.2, 0.25) is 5.02 Å². The van der Waals surface area contributed by atoms with Crippen molar-refractivity contribution in [2.24, 2.45) is 0 Å². The third-order valence-corrected chi connectivity index (χ3v) is 4.74. The standard InChI is InChI=1S/C16H15BrClNO/c1-16(2)15(11-5-3-4-6-14(11)20-16)19-10-7-8-13(18)12(17)9-10/h3-9,15,19H,1-2H3. The molecule has 0 fully saturated rings. The third-order valence-electron chi connectivity index (χ3n) is 3.53. The van der Waals surface area contributed by atoms with Gasteiger partial charge in [0, 0.05) is 15.7 Å². The maximum absolute atomic E-state index is 6.04. The number of ether oxygens (including phenoxy) is 1. The SMILES string of the molecule is CC1(C)Oc2ccccc2C1Nc1ccc(Cl)c(Br)c1. The van der Waals surface area contributed by atoms with Crippen LogP contribution in [0.4, 0.5) is 5.69 Å². The summed E-state index contributed by atoms with van der Waals surface area (Å²) in [5.41, 5.74) is 1.90. The zero-order valence-corrected chi connectivity index (χ0v) is 13.6. The number of hydrogen-bond donors (Lipinski definition) is 1. The van der Waals surface area contributed by atoms with E-state index in [1.807, 2.05) is 36.4 Å². The summed E-state index contributed by atoms with van der Waals surface area (Å²) >= 11 is 9.49. The number of para-hydroxylation sites is 1. The van der Waals surface area contributed by atoms with Crippen molar-refractivity contribution >= 4 is 33.2 Å². The van der Waals surface area contributed by atoms with E-state index in [0.29, 0.717) is 5.02 Å². The average Bonchev–Trinajstić information content (AvgIpc) is 2.65. The molecule has 2 aromatic carbocycles. The summed E-state index contributed by atoms with van der Waals surface area (Å²) in [7, 11) is 0. The van der Waals surface area contributed by atoms with Crippen LogP contribution >= 0.6 is 27.5 Å². The van der Waals surface area contributed by atoms with Crippen LogP contribution in [0.1, 0.15) is 25.5 Å². The van der Waals surface area contributed by atoms with E-state index in [1.54, 1.807) is 0 Å². The van der Waals surface area contributed by atoms with Crippen molar-refractivity contribution < 1.29 is 4.74 Å². The van der Waals surface area contributed by atoms with Crippen LogP contribution in [0.5, 0.6) is 5.75 Å². The molecule has 0 aromatic heterocycles. The normalized spacial score (nSPS) is 19.3. The van der Waals surface area contributed by atoms with Gasteiger partial charge in [-0.15, -0.1) is 0 Å². The van der Waals surface area contributed by atoms with Crippen LogP contribution < -0.4 is 10.1 Å². The lowest BCUT2D eigenvalue weighted by atomic mass is 9.94. The Hall–Kier alpha value is -1.19. The second kappa shape index (κ2) is 4.97. The lowest BCUT2D eigenvalue weighted by molar-refractivity contribution is 0.118. The van der Waals surface area contributed by atoms with Gasteiger partial charge in [0.25, 0.3) is 0 Å². The Kier molecular flexibility index (Phi) is 3.43. The molecule has 1 aliphatic heterocycles. The molecule has 1 heterocycles. The molecular formula is C16H15BrClNO. The van der Waals surface area contributed by atoms with Crippen molar-refractivity contribution in [2.75, 3.05) is 5.32 Å². The topological polar surface area (TPSA) is 21.3 Å². The highest BCUT2D eigenvalue weighted by atomic mass is 79.9. The molecule has 0 saturated heterocycles. The molecule has 0 bridgehead atoms. The lowest BCUT2D eigenvalue weighted by Gasteiger charge is -2.28. The van der Waals surface area contributed by atoms with Gasteiger partial charge in [-0.1, -0.05) is 29.8 Å². The number of benzene rings is 2. The van der Waals surface area contributed by atoms with Crippen molar-refractivity contribution in [3.05, 3.63) is 57.5 Å². The van der Waals surface area contributed by atoms with E-state index in [-0.39, 0.29) is 11.6 Å². The summed E-state index contributed by atoms with van der Waals surface area (Å²) in [5.74, 6) is 0.947. The number of rotatable bonds is 2. The number of fused-ring (bicyclic) bond motifs is 1. The maximum Gasteiger partial charge on any atom is 0.128 e. The molecule has 1 unspecified atom stereocenters. The quantitative estimate of drug-likeness (QED) is 0.778. The Morgan fingerprint density at radius 3 is 2.70 bits per heavy atom. The molecule has 104 valence electrons. The van der Waals surface area contributed by atoms with Crippen molar-refractivity contribution in [2.45, 2.75) is 25.5 Å². The van der Waals surface area contributed by atoms with E-state index in [9.17, 15) is 0 Å². The fourth-order valence-electron chi connectivity index (χ4n) is 2.53. The smallest absolute Gasteiger partial charge is 0.128 e. The Balaban J connectivity index is 1.94. The largest absolute Gasteiger partial charge is 0.485 e. The van der Waals surface area contributed by atoms with Crippen LogP contribution in [0.3, 0.4) is 0 Å². The Bertz CT molecular complexity index is 657. The van der Waals surface area contributed by atoms with Gasteiger partial charge in [0.05, 0.1) is 11.1 Å². The predicted molar refractivity (Wildman–Crippen MR) is 86.7 cm³/mol. The van der Waals surface area contributed by atoms with Crippen molar-refractivity contribution in [3.63, 3.8) is 0 Å². The van der Waals surface area contributed by atoms with E-state index in [0.717, 1.165) is 15.9 Å². The van der Waals surface area contributed by atoms with Gasteiger partial charge in [0.2, 0.25) is 0 Å². The Morgan fingerprint density at radius 1 is 1.20 bits per heavy atom. The molecule has 1 aliphatic rings. The minimum atomic E-state index is -0.296. The monoisotopic (exact) mass is 351 g/mol. The highest BCUT2D eigenvalue weighted by molar-refractivity contribution is 9.10. The zero-order chi connectivity index (χ0) is 14.3. The molecule has 4 heteroatoms. The van der Waals surface area contributed by atoms with Gasteiger partial charge in [0.15, 0.2) is 0 Å². The molecule has 3 rings (SSSR count). The van der Waals surface area contributed by atoms with Crippen LogP contribution in [0.15, 0.2) is 46.9 Å². The van der Waals surface area contributed by atoms with E-state index < -0.39 is 0 Å². The number of hydrogen-bond acceptors (Lipinski definition) is 2. The first-order valence-corrected chi connectivity index (χ1v) is 7.64. The van der Waals surface area contributed by atoms with Crippen LogP contribution in [0, 0.1) is 0 Å². The zero-order valence-electron chi connectivity index (χ0n) is 11.3. The number of halogens is 2. The molecule has 0 aliphatic carbocycles. The van der Waals surface area contributed by atoms with Crippen LogP contribution in [0.25, 0.3) is 0 Å². The first kappa shape index (κ1) is 13.8. The second-order valence-electron chi connectivity index (χ2n) is 5.45. The highest BCUT2D eigenvalue weighted by Crippen LogP contribution is 2.44. The molecule has 2 nitrogen and oxygen atoms in total. The number of nitrogens with one attached hydrogen (secondary N) is 1. The molecule has 20 heavy (non-hydrogen) atoms. The van der Waals surface area contributed by atoms with Crippen molar-refractivity contribution in [1.29, 1.82) is 0 Å². The minimum absolute atomic E-state index is 0.103. The lowest BCUT2D eigenvalue weighted by Crippen LogP contribution is -2.34. The first-order valence-electron chi connectivity index (χ1n) is 6.47. The summed E-state index contributed by atoms with van der Waals surface area (Å²) in [4.78, 5) is 0. The molecule has 1 atom stereocenters. The average molecular weight is 353 g/mol. The molecule has 2 aromatic rings. The fraction of sp³-hybridized carbons (Fsp3) is 0.250. The van der Waals surface area contributed by atoms with E-state index >= 15 is 0 Å². The van der Waals surface area contributed by atoms with Gasteiger partial charge in [-0.05, 0) is 54.0 Å². The summed E-state index contributed by atoms with van der Waals surface area (Å²) in [6, 6.07) is 14.1. The van der Waals surface area contributed by atoms with Gasteiger partial charge < -0.3 is 10.1 Å². The second-order valence-corrected chi connectivity index (χ2v) is 6.71. The van der Waals surface area contributed by atoms with Gasteiger partial charge in [-0.2, -0.15) is 0 Å². The highest BCUT2D eigenvalue weighted by Gasteiger charge is 2.40. The molecule has 0 spiro atoms. The van der Waals surface area contributed by atoms with Gasteiger partial charge in [-0.25, -0.2) is 0 Å². The summed E-state index contributed by atoms with van der Waals surface area (Å²) < 4.78 is 6.92. The minimum Gasteiger partial charge on any atom is -0.485 e. The van der Waals surface area contributed by atoms with Crippen LogP contribution in [-0.4, -0.2) is 5.60 Å². The Labute approximate surface area is 132 Å². The molecule has 0 amide bonds. The van der Waals surface area contributed by atoms with Crippen molar-refractivity contribution in [1.82, 2.24) is 0 Å². The summed E-state index contributed by atoms with van der Waals surface area (Å²) in [5, 5.41) is 4.25. The van der Waals surface area contributed by atoms with E-state index in [2.05, 4.69) is 41.2 Å². The number of anilines is 1. The summed E-state index contributed by atoms with van der Waals surface area (Å²) in [6.07, 6.45) is 0. The third kappa shape index (κ3) is 2.40. The maximum atomic E-state index is 6.04. The first-order chi connectivity index (χ1) is 9.47. The van der Waals surface area contributed by atoms with E-state index in [4.69, 9.17) is 16.3 Å². The molecule has 0 radical (unpaired) electrons. The summed E-state index contributed by atoms with van der Waals surface area (Å²) in [6.45, 7) is 4.19.